The first kappa shape index (κ1) is 14.4. The Balaban J connectivity index is 2.28. The van der Waals surface area contributed by atoms with Gasteiger partial charge in [0.1, 0.15) is 0 Å². The summed E-state index contributed by atoms with van der Waals surface area (Å²) in [6.45, 7) is 1.72. The maximum absolute atomic E-state index is 12.0. The topological polar surface area (TPSA) is 55.1 Å². The molecule has 1 aliphatic rings. The molecule has 0 radical (unpaired) electrons. The van der Waals surface area contributed by atoms with E-state index in [0.717, 1.165) is 31.2 Å². The molecule has 0 spiro atoms. The molecule has 0 aliphatic heterocycles. The van der Waals surface area contributed by atoms with Gasteiger partial charge in [-0.25, -0.2) is 0 Å². The summed E-state index contributed by atoms with van der Waals surface area (Å²) >= 11 is 5.94. The second-order valence-electron chi connectivity index (χ2n) is 5.43. The molecule has 1 aromatic carbocycles. The third kappa shape index (κ3) is 3.28. The van der Waals surface area contributed by atoms with Crippen LogP contribution in [0.3, 0.4) is 0 Å². The van der Waals surface area contributed by atoms with Gasteiger partial charge in [-0.2, -0.15) is 0 Å². The second-order valence-corrected chi connectivity index (χ2v) is 5.86. The molecular formula is C15H21ClN2O. The fraction of sp³-hybridized carbons (Fsp3) is 0.533. The molecule has 0 unspecified atom stereocenters. The van der Waals surface area contributed by atoms with Crippen molar-refractivity contribution >= 4 is 17.5 Å². The lowest BCUT2D eigenvalue weighted by molar-refractivity contribution is -0.124. The van der Waals surface area contributed by atoms with Crippen LogP contribution in [0.15, 0.2) is 24.3 Å². The van der Waals surface area contributed by atoms with E-state index < -0.39 is 6.04 Å². The third-order valence-corrected chi connectivity index (χ3v) is 4.13. The first-order chi connectivity index (χ1) is 9.03. The van der Waals surface area contributed by atoms with Crippen molar-refractivity contribution in [1.82, 2.24) is 5.32 Å². The van der Waals surface area contributed by atoms with Crippen LogP contribution in [0.1, 0.15) is 44.6 Å². The van der Waals surface area contributed by atoms with Gasteiger partial charge in [-0.05, 0) is 37.5 Å². The van der Waals surface area contributed by atoms with Crippen molar-refractivity contribution in [3.05, 3.63) is 34.9 Å². The van der Waals surface area contributed by atoms with Gasteiger partial charge in [-0.3, -0.25) is 4.79 Å². The van der Waals surface area contributed by atoms with E-state index in [1.54, 1.807) is 6.92 Å². The fourth-order valence-corrected chi connectivity index (χ4v) is 2.89. The summed E-state index contributed by atoms with van der Waals surface area (Å²) < 4.78 is 0. The minimum atomic E-state index is -0.480. The van der Waals surface area contributed by atoms with Crippen LogP contribution in [0, 0.1) is 0 Å². The predicted molar refractivity (Wildman–Crippen MR) is 78.0 cm³/mol. The minimum absolute atomic E-state index is 0.0863. The molecule has 1 aliphatic carbocycles. The van der Waals surface area contributed by atoms with Gasteiger partial charge in [0.05, 0.1) is 11.6 Å². The SMILES string of the molecule is C[C@H](N)C(=O)NC1(c2ccc(Cl)cc2)CCCCC1. The van der Waals surface area contributed by atoms with E-state index in [1.807, 2.05) is 24.3 Å². The van der Waals surface area contributed by atoms with Crippen molar-refractivity contribution in [2.24, 2.45) is 5.73 Å². The average molecular weight is 281 g/mol. The summed E-state index contributed by atoms with van der Waals surface area (Å²) in [6, 6.07) is 7.30. The molecule has 1 aromatic rings. The van der Waals surface area contributed by atoms with Crippen molar-refractivity contribution in [3.8, 4) is 0 Å². The lowest BCUT2D eigenvalue weighted by atomic mass is 9.76. The highest BCUT2D eigenvalue weighted by Gasteiger charge is 2.35. The highest BCUT2D eigenvalue weighted by molar-refractivity contribution is 6.30. The van der Waals surface area contributed by atoms with E-state index in [9.17, 15) is 4.79 Å². The van der Waals surface area contributed by atoms with Crippen LogP contribution in [-0.2, 0) is 10.3 Å². The first-order valence-corrected chi connectivity index (χ1v) is 7.25. The van der Waals surface area contributed by atoms with Gasteiger partial charge in [0.2, 0.25) is 5.91 Å². The zero-order valence-corrected chi connectivity index (χ0v) is 12.0. The van der Waals surface area contributed by atoms with E-state index in [4.69, 9.17) is 17.3 Å². The molecule has 19 heavy (non-hydrogen) atoms. The molecule has 1 fully saturated rings. The number of halogens is 1. The highest BCUT2D eigenvalue weighted by atomic mass is 35.5. The number of carbonyl (C=O) groups excluding carboxylic acids is 1. The van der Waals surface area contributed by atoms with Crippen LogP contribution < -0.4 is 11.1 Å². The first-order valence-electron chi connectivity index (χ1n) is 6.87. The summed E-state index contributed by atoms with van der Waals surface area (Å²) in [4.78, 5) is 12.0. The lowest BCUT2D eigenvalue weighted by Gasteiger charge is -2.39. The Labute approximate surface area is 119 Å². The molecule has 0 heterocycles. The lowest BCUT2D eigenvalue weighted by Crippen LogP contribution is -2.51. The van der Waals surface area contributed by atoms with E-state index in [-0.39, 0.29) is 11.4 Å². The number of amides is 1. The number of nitrogens with one attached hydrogen (secondary N) is 1. The summed E-state index contributed by atoms with van der Waals surface area (Å²) in [6.07, 6.45) is 5.41. The number of benzene rings is 1. The van der Waals surface area contributed by atoms with Crippen LogP contribution >= 0.6 is 11.6 Å². The van der Waals surface area contributed by atoms with Crippen molar-refractivity contribution in [3.63, 3.8) is 0 Å². The Morgan fingerprint density at radius 1 is 1.26 bits per heavy atom. The predicted octanol–water partition coefficient (Wildman–Crippen LogP) is 2.96. The minimum Gasteiger partial charge on any atom is -0.345 e. The van der Waals surface area contributed by atoms with Crippen LogP contribution in [0.2, 0.25) is 5.02 Å². The largest absolute Gasteiger partial charge is 0.345 e. The normalized spacial score (nSPS) is 19.7. The molecule has 104 valence electrons. The molecular weight excluding hydrogens is 260 g/mol. The second kappa shape index (κ2) is 5.93. The Bertz CT molecular complexity index is 436. The maximum Gasteiger partial charge on any atom is 0.237 e. The zero-order chi connectivity index (χ0) is 13.9. The number of hydrogen-bond donors (Lipinski definition) is 2. The maximum atomic E-state index is 12.0. The third-order valence-electron chi connectivity index (χ3n) is 3.88. The highest BCUT2D eigenvalue weighted by Crippen LogP contribution is 2.37. The van der Waals surface area contributed by atoms with Gasteiger partial charge in [0, 0.05) is 5.02 Å². The molecule has 0 saturated heterocycles. The smallest absolute Gasteiger partial charge is 0.237 e. The van der Waals surface area contributed by atoms with E-state index in [1.165, 1.54) is 6.42 Å². The standard InChI is InChI=1S/C15H21ClN2O/c1-11(17)14(19)18-15(9-3-2-4-10-15)12-5-7-13(16)8-6-12/h5-8,11H,2-4,9-10,17H2,1H3,(H,18,19)/t11-/m0/s1. The van der Waals surface area contributed by atoms with Crippen LogP contribution in [0.25, 0.3) is 0 Å². The molecule has 0 bridgehead atoms. The Morgan fingerprint density at radius 2 is 1.84 bits per heavy atom. The Hall–Kier alpha value is -1.06. The van der Waals surface area contributed by atoms with Crippen LogP contribution in [0.5, 0.6) is 0 Å². The van der Waals surface area contributed by atoms with Gasteiger partial charge in [0.15, 0.2) is 0 Å². The summed E-state index contributed by atoms with van der Waals surface area (Å²) in [5.41, 5.74) is 6.54. The number of carbonyl (C=O) groups is 1. The number of rotatable bonds is 3. The molecule has 3 N–H and O–H groups in total. The molecule has 4 heteroatoms. The van der Waals surface area contributed by atoms with Crippen molar-refractivity contribution in [1.29, 1.82) is 0 Å². The monoisotopic (exact) mass is 280 g/mol. The molecule has 1 amide bonds. The van der Waals surface area contributed by atoms with Gasteiger partial charge >= 0.3 is 0 Å². The molecule has 2 rings (SSSR count). The molecule has 3 nitrogen and oxygen atoms in total. The van der Waals surface area contributed by atoms with Crippen molar-refractivity contribution in [2.75, 3.05) is 0 Å². The zero-order valence-electron chi connectivity index (χ0n) is 11.3. The van der Waals surface area contributed by atoms with Gasteiger partial charge in [-0.1, -0.05) is 43.0 Å². The Morgan fingerprint density at radius 3 is 2.37 bits per heavy atom. The quantitative estimate of drug-likeness (QED) is 0.894. The van der Waals surface area contributed by atoms with Gasteiger partial charge < -0.3 is 11.1 Å². The van der Waals surface area contributed by atoms with Crippen LogP contribution in [0.4, 0.5) is 0 Å². The van der Waals surface area contributed by atoms with Crippen molar-refractivity contribution in [2.45, 2.75) is 50.6 Å². The van der Waals surface area contributed by atoms with Gasteiger partial charge in [0.25, 0.3) is 0 Å². The molecule has 1 saturated carbocycles. The number of nitrogens with two attached hydrogens (primary N) is 1. The van der Waals surface area contributed by atoms with E-state index >= 15 is 0 Å². The molecule has 0 aromatic heterocycles. The summed E-state index contributed by atoms with van der Waals surface area (Å²) in [5, 5.41) is 3.88. The van der Waals surface area contributed by atoms with E-state index in [0.29, 0.717) is 5.02 Å². The van der Waals surface area contributed by atoms with Crippen molar-refractivity contribution < 1.29 is 4.79 Å². The fourth-order valence-electron chi connectivity index (χ4n) is 2.76. The Kier molecular flexibility index (Phi) is 4.48. The molecule has 1 atom stereocenters. The van der Waals surface area contributed by atoms with Crippen LogP contribution in [-0.4, -0.2) is 11.9 Å². The average Bonchev–Trinajstić information content (AvgIpc) is 2.40. The van der Waals surface area contributed by atoms with E-state index in [2.05, 4.69) is 5.32 Å². The summed E-state index contributed by atoms with van der Waals surface area (Å²) in [7, 11) is 0. The summed E-state index contributed by atoms with van der Waals surface area (Å²) in [5.74, 6) is -0.0863. The number of hydrogen-bond acceptors (Lipinski definition) is 2. The van der Waals surface area contributed by atoms with Gasteiger partial charge in [-0.15, -0.1) is 0 Å².